The number of sulfonamides is 1. The highest BCUT2D eigenvalue weighted by Gasteiger charge is 2.32. The van der Waals surface area contributed by atoms with Crippen molar-refractivity contribution in [3.05, 3.63) is 59.7 Å². The summed E-state index contributed by atoms with van der Waals surface area (Å²) in [6, 6.07) is 13.8. The van der Waals surface area contributed by atoms with E-state index in [1.807, 2.05) is 45.0 Å². The maximum atomic E-state index is 13.1. The molecule has 1 aliphatic heterocycles. The van der Waals surface area contributed by atoms with E-state index in [4.69, 9.17) is 4.74 Å². The molecule has 2 aromatic carbocycles. The van der Waals surface area contributed by atoms with Crippen LogP contribution >= 0.6 is 0 Å². The molecule has 2 atom stereocenters. The van der Waals surface area contributed by atoms with Gasteiger partial charge in [-0.15, -0.1) is 0 Å². The summed E-state index contributed by atoms with van der Waals surface area (Å²) in [7, 11) is -3.70. The number of benzene rings is 2. The fraction of sp³-hybridized carbons (Fsp3) is 0.381. The first-order chi connectivity index (χ1) is 13.3. The number of morpholine rings is 1. The van der Waals surface area contributed by atoms with Crippen LogP contribution in [0.2, 0.25) is 0 Å². The van der Waals surface area contributed by atoms with Gasteiger partial charge in [0, 0.05) is 24.3 Å². The quantitative estimate of drug-likeness (QED) is 0.833. The van der Waals surface area contributed by atoms with Crippen molar-refractivity contribution in [1.82, 2.24) is 4.31 Å². The summed E-state index contributed by atoms with van der Waals surface area (Å²) in [6.07, 6.45) is 0.448. The number of hydrogen-bond acceptors (Lipinski definition) is 4. The molecule has 1 saturated heterocycles. The Morgan fingerprint density at radius 1 is 1.11 bits per heavy atom. The minimum atomic E-state index is -3.70. The molecule has 0 spiro atoms. The van der Waals surface area contributed by atoms with Gasteiger partial charge in [0.1, 0.15) is 0 Å². The molecule has 0 saturated carbocycles. The second-order valence-corrected chi connectivity index (χ2v) is 9.01. The van der Waals surface area contributed by atoms with Crippen LogP contribution in [0.3, 0.4) is 0 Å². The Morgan fingerprint density at radius 2 is 1.79 bits per heavy atom. The number of para-hydroxylation sites is 1. The van der Waals surface area contributed by atoms with E-state index in [0.29, 0.717) is 18.7 Å². The minimum absolute atomic E-state index is 0.116. The predicted molar refractivity (Wildman–Crippen MR) is 109 cm³/mol. The largest absolute Gasteiger partial charge is 0.373 e. The standard InChI is InChI=1S/C21H26N2O4S/c1-4-17-8-5-6-11-20(17)22-21(24)18-9-7-10-19(12-18)28(25,26)23-13-15(2)27-16(3)14-23/h5-12,15-16H,4,13-14H2,1-3H3,(H,22,24)/t15-,16-/m1/s1. The average molecular weight is 403 g/mol. The Bertz CT molecular complexity index is 948. The molecule has 28 heavy (non-hydrogen) atoms. The van der Waals surface area contributed by atoms with E-state index in [9.17, 15) is 13.2 Å². The second kappa shape index (κ2) is 8.43. The van der Waals surface area contributed by atoms with E-state index in [1.54, 1.807) is 12.1 Å². The number of carbonyl (C=O) groups is 1. The molecule has 1 amide bonds. The third kappa shape index (κ3) is 4.43. The van der Waals surface area contributed by atoms with Crippen LogP contribution in [0.5, 0.6) is 0 Å². The first-order valence-electron chi connectivity index (χ1n) is 9.46. The number of nitrogens with one attached hydrogen (secondary N) is 1. The summed E-state index contributed by atoms with van der Waals surface area (Å²) in [4.78, 5) is 12.8. The lowest BCUT2D eigenvalue weighted by Crippen LogP contribution is -2.48. The first kappa shape index (κ1) is 20.5. The smallest absolute Gasteiger partial charge is 0.255 e. The second-order valence-electron chi connectivity index (χ2n) is 7.07. The van der Waals surface area contributed by atoms with Gasteiger partial charge in [0.05, 0.1) is 17.1 Å². The van der Waals surface area contributed by atoms with Gasteiger partial charge < -0.3 is 10.1 Å². The summed E-state index contributed by atoms with van der Waals surface area (Å²) in [6.45, 7) is 6.32. The molecule has 0 bridgehead atoms. The average Bonchev–Trinajstić information content (AvgIpc) is 2.67. The van der Waals surface area contributed by atoms with E-state index in [1.165, 1.54) is 16.4 Å². The van der Waals surface area contributed by atoms with E-state index < -0.39 is 10.0 Å². The van der Waals surface area contributed by atoms with Crippen LogP contribution < -0.4 is 5.32 Å². The molecule has 0 aromatic heterocycles. The van der Waals surface area contributed by atoms with Crippen molar-refractivity contribution < 1.29 is 17.9 Å². The fourth-order valence-electron chi connectivity index (χ4n) is 3.42. The van der Waals surface area contributed by atoms with Gasteiger partial charge in [0.2, 0.25) is 10.0 Å². The number of anilines is 1. The van der Waals surface area contributed by atoms with E-state index in [-0.39, 0.29) is 23.0 Å². The van der Waals surface area contributed by atoms with Gasteiger partial charge in [-0.2, -0.15) is 4.31 Å². The topological polar surface area (TPSA) is 75.7 Å². The summed E-state index contributed by atoms with van der Waals surface area (Å²) < 4.78 is 33.2. The van der Waals surface area contributed by atoms with Gasteiger partial charge in [0.15, 0.2) is 0 Å². The molecule has 1 aliphatic rings. The highest BCUT2D eigenvalue weighted by atomic mass is 32.2. The molecule has 3 rings (SSSR count). The van der Waals surface area contributed by atoms with Crippen LogP contribution in [0.1, 0.15) is 36.7 Å². The van der Waals surface area contributed by atoms with Crippen molar-refractivity contribution >= 4 is 21.6 Å². The van der Waals surface area contributed by atoms with Gasteiger partial charge >= 0.3 is 0 Å². The molecule has 1 heterocycles. The van der Waals surface area contributed by atoms with Crippen molar-refractivity contribution in [2.75, 3.05) is 18.4 Å². The van der Waals surface area contributed by atoms with Crippen LogP contribution in [0.15, 0.2) is 53.4 Å². The SMILES string of the molecule is CCc1ccccc1NC(=O)c1cccc(S(=O)(=O)N2C[C@@H](C)O[C@H](C)C2)c1. The molecule has 1 fully saturated rings. The van der Waals surface area contributed by atoms with Gasteiger partial charge in [-0.1, -0.05) is 31.2 Å². The molecule has 0 unspecified atom stereocenters. The van der Waals surface area contributed by atoms with Crippen molar-refractivity contribution in [2.45, 2.75) is 44.3 Å². The number of rotatable bonds is 5. The van der Waals surface area contributed by atoms with Crippen LogP contribution in [-0.4, -0.2) is 43.9 Å². The summed E-state index contributed by atoms with van der Waals surface area (Å²) in [5.41, 5.74) is 2.07. The third-order valence-corrected chi connectivity index (χ3v) is 6.59. The van der Waals surface area contributed by atoms with Crippen molar-refractivity contribution in [3.63, 3.8) is 0 Å². The highest BCUT2D eigenvalue weighted by Crippen LogP contribution is 2.23. The van der Waals surface area contributed by atoms with Crippen LogP contribution in [0.4, 0.5) is 5.69 Å². The lowest BCUT2D eigenvalue weighted by molar-refractivity contribution is -0.0440. The van der Waals surface area contributed by atoms with Gasteiger partial charge in [0.25, 0.3) is 5.91 Å². The predicted octanol–water partition coefficient (Wildman–Crippen LogP) is 3.30. The Labute approximate surface area is 166 Å². The molecule has 0 radical (unpaired) electrons. The van der Waals surface area contributed by atoms with E-state index in [2.05, 4.69) is 5.32 Å². The lowest BCUT2D eigenvalue weighted by atomic mass is 10.1. The summed E-state index contributed by atoms with van der Waals surface area (Å²) in [5, 5.41) is 2.88. The fourth-order valence-corrected chi connectivity index (χ4v) is 5.06. The Balaban J connectivity index is 1.84. The number of amides is 1. The highest BCUT2D eigenvalue weighted by molar-refractivity contribution is 7.89. The first-order valence-corrected chi connectivity index (χ1v) is 10.9. The van der Waals surface area contributed by atoms with Crippen molar-refractivity contribution in [1.29, 1.82) is 0 Å². The summed E-state index contributed by atoms with van der Waals surface area (Å²) >= 11 is 0. The molecule has 2 aromatic rings. The Morgan fingerprint density at radius 3 is 2.46 bits per heavy atom. The molecule has 1 N–H and O–H groups in total. The number of carbonyl (C=O) groups excluding carboxylic acids is 1. The zero-order valence-electron chi connectivity index (χ0n) is 16.4. The van der Waals surface area contributed by atoms with Crippen molar-refractivity contribution in [3.8, 4) is 0 Å². The number of aryl methyl sites for hydroxylation is 1. The van der Waals surface area contributed by atoms with Crippen LogP contribution in [0, 0.1) is 0 Å². The summed E-state index contributed by atoms with van der Waals surface area (Å²) in [5.74, 6) is -0.332. The van der Waals surface area contributed by atoms with Gasteiger partial charge in [-0.25, -0.2) is 8.42 Å². The molecular formula is C21H26N2O4S. The minimum Gasteiger partial charge on any atom is -0.373 e. The normalized spacial score (nSPS) is 20.7. The van der Waals surface area contributed by atoms with Crippen LogP contribution in [0.25, 0.3) is 0 Å². The molecule has 7 heteroatoms. The van der Waals surface area contributed by atoms with E-state index in [0.717, 1.165) is 17.7 Å². The van der Waals surface area contributed by atoms with E-state index >= 15 is 0 Å². The Hall–Kier alpha value is -2.22. The molecule has 150 valence electrons. The monoisotopic (exact) mass is 402 g/mol. The van der Waals surface area contributed by atoms with Gasteiger partial charge in [-0.3, -0.25) is 4.79 Å². The molecule has 0 aliphatic carbocycles. The molecule has 6 nitrogen and oxygen atoms in total. The number of nitrogens with zero attached hydrogens (tertiary/aromatic N) is 1. The maximum Gasteiger partial charge on any atom is 0.255 e. The van der Waals surface area contributed by atoms with Crippen molar-refractivity contribution in [2.24, 2.45) is 0 Å². The van der Waals surface area contributed by atoms with Crippen LogP contribution in [-0.2, 0) is 21.2 Å². The maximum absolute atomic E-state index is 13.1. The number of hydrogen-bond donors (Lipinski definition) is 1. The number of ether oxygens (including phenoxy) is 1. The lowest BCUT2D eigenvalue weighted by Gasteiger charge is -2.34. The zero-order chi connectivity index (χ0) is 20.3. The zero-order valence-corrected chi connectivity index (χ0v) is 17.2. The van der Waals surface area contributed by atoms with Gasteiger partial charge in [-0.05, 0) is 50.1 Å². The Kier molecular flexibility index (Phi) is 6.17. The third-order valence-electron chi connectivity index (χ3n) is 4.77. The molecular weight excluding hydrogens is 376 g/mol.